The van der Waals surface area contributed by atoms with Gasteiger partial charge in [-0.05, 0) is 43.8 Å². The summed E-state index contributed by atoms with van der Waals surface area (Å²) in [7, 11) is -2.00. The van der Waals surface area contributed by atoms with E-state index in [-0.39, 0.29) is 28.9 Å². The molecule has 2 rings (SSSR count). The number of hydrogen-bond acceptors (Lipinski definition) is 3. The highest BCUT2D eigenvalue weighted by atomic mass is 127. The lowest BCUT2D eigenvalue weighted by molar-refractivity contribution is 0.588. The molecule has 26 heavy (non-hydrogen) atoms. The molecule has 0 aliphatic heterocycles. The molecule has 144 valence electrons. The van der Waals surface area contributed by atoms with Crippen LogP contribution in [-0.4, -0.2) is 39.1 Å². The summed E-state index contributed by atoms with van der Waals surface area (Å²) in [5.41, 5.74) is 0.942. The first kappa shape index (κ1) is 22.5. The van der Waals surface area contributed by atoms with Crippen molar-refractivity contribution in [1.29, 1.82) is 0 Å². The highest BCUT2D eigenvalue weighted by Crippen LogP contribution is 2.10. The number of nitrogens with zero attached hydrogens (tertiary/aromatic N) is 2. The number of nitrogens with one attached hydrogen (secondary N) is 3. The standard InChI is InChI=1S/C17H25N5O2S.HI/c1-3-19-17(20-10-13-22-11-4-5-12-22)21-14-15-6-8-16(9-7-15)25(23,24)18-2;/h4-9,11-12,18H,3,10,13-14H2,1-2H3,(H2,19,20,21);1H. The number of aliphatic imine (C=N–C) groups is 1. The maximum absolute atomic E-state index is 11.7. The van der Waals surface area contributed by atoms with Gasteiger partial charge in [-0.3, -0.25) is 0 Å². The first-order valence-corrected chi connectivity index (χ1v) is 9.69. The SMILES string of the molecule is CCNC(=NCc1ccc(S(=O)(=O)NC)cc1)NCCn1cccc1.I. The van der Waals surface area contributed by atoms with Gasteiger partial charge in [0, 0.05) is 32.0 Å². The Morgan fingerprint density at radius 3 is 2.35 bits per heavy atom. The topological polar surface area (TPSA) is 87.5 Å². The van der Waals surface area contributed by atoms with Crippen molar-refractivity contribution in [3.8, 4) is 0 Å². The van der Waals surface area contributed by atoms with Gasteiger partial charge in [-0.2, -0.15) is 0 Å². The van der Waals surface area contributed by atoms with E-state index in [1.165, 1.54) is 7.05 Å². The minimum absolute atomic E-state index is 0. The molecule has 0 fully saturated rings. The molecule has 1 aromatic carbocycles. The van der Waals surface area contributed by atoms with Gasteiger partial charge in [0.2, 0.25) is 10.0 Å². The van der Waals surface area contributed by atoms with Gasteiger partial charge in [0.25, 0.3) is 0 Å². The molecule has 7 nitrogen and oxygen atoms in total. The molecule has 0 aliphatic rings. The van der Waals surface area contributed by atoms with E-state index in [1.807, 2.05) is 31.5 Å². The number of hydrogen-bond donors (Lipinski definition) is 3. The van der Waals surface area contributed by atoms with Gasteiger partial charge >= 0.3 is 0 Å². The van der Waals surface area contributed by atoms with Crippen molar-refractivity contribution in [2.75, 3.05) is 20.1 Å². The number of halogens is 1. The van der Waals surface area contributed by atoms with Gasteiger partial charge < -0.3 is 15.2 Å². The van der Waals surface area contributed by atoms with Crippen LogP contribution in [0.1, 0.15) is 12.5 Å². The Hall–Kier alpha value is -1.59. The quantitative estimate of drug-likeness (QED) is 0.299. The van der Waals surface area contributed by atoms with E-state index in [4.69, 9.17) is 0 Å². The summed E-state index contributed by atoms with van der Waals surface area (Å²) in [4.78, 5) is 4.78. The first-order chi connectivity index (χ1) is 12.0. The highest BCUT2D eigenvalue weighted by Gasteiger charge is 2.10. The largest absolute Gasteiger partial charge is 0.357 e. The average molecular weight is 491 g/mol. The first-order valence-electron chi connectivity index (χ1n) is 8.20. The van der Waals surface area contributed by atoms with Gasteiger partial charge in [0.15, 0.2) is 5.96 Å². The predicted molar refractivity (Wildman–Crippen MR) is 115 cm³/mol. The molecular formula is C17H26IN5O2S. The van der Waals surface area contributed by atoms with Crippen LogP contribution in [0, 0.1) is 0 Å². The fourth-order valence-corrected chi connectivity index (χ4v) is 2.96. The number of rotatable bonds is 8. The zero-order valence-electron chi connectivity index (χ0n) is 15.0. The minimum atomic E-state index is -3.40. The van der Waals surface area contributed by atoms with Crippen LogP contribution in [0.25, 0.3) is 0 Å². The van der Waals surface area contributed by atoms with Gasteiger partial charge in [0.05, 0.1) is 11.4 Å². The third-order valence-electron chi connectivity index (χ3n) is 3.59. The summed E-state index contributed by atoms with van der Waals surface area (Å²) >= 11 is 0. The van der Waals surface area contributed by atoms with Gasteiger partial charge in [0.1, 0.15) is 0 Å². The smallest absolute Gasteiger partial charge is 0.240 e. The van der Waals surface area contributed by atoms with E-state index in [1.54, 1.807) is 24.3 Å². The average Bonchev–Trinajstić information content (AvgIpc) is 3.13. The molecule has 0 bridgehead atoms. The monoisotopic (exact) mass is 491 g/mol. The van der Waals surface area contributed by atoms with E-state index in [0.717, 1.165) is 31.2 Å². The maximum Gasteiger partial charge on any atom is 0.240 e. The summed E-state index contributed by atoms with van der Waals surface area (Å²) in [6.45, 7) is 4.88. The van der Waals surface area contributed by atoms with E-state index in [9.17, 15) is 8.42 Å². The molecule has 0 aliphatic carbocycles. The Balaban J connectivity index is 0.00000338. The zero-order chi connectivity index (χ0) is 18.1. The third-order valence-corrected chi connectivity index (χ3v) is 5.03. The van der Waals surface area contributed by atoms with E-state index >= 15 is 0 Å². The van der Waals surface area contributed by atoms with Crippen molar-refractivity contribution in [2.45, 2.75) is 24.9 Å². The summed E-state index contributed by atoms with van der Waals surface area (Å²) in [5.74, 6) is 0.738. The molecule has 3 N–H and O–H groups in total. The second-order valence-electron chi connectivity index (χ2n) is 5.39. The maximum atomic E-state index is 11.7. The molecule has 9 heteroatoms. The Morgan fingerprint density at radius 2 is 1.77 bits per heavy atom. The summed E-state index contributed by atoms with van der Waals surface area (Å²) in [6, 6.07) is 10.7. The minimum Gasteiger partial charge on any atom is -0.357 e. The molecule has 0 saturated heterocycles. The number of sulfonamides is 1. The molecule has 0 atom stereocenters. The third kappa shape index (κ3) is 6.96. The van der Waals surface area contributed by atoms with Crippen LogP contribution in [-0.2, 0) is 23.1 Å². The van der Waals surface area contributed by atoms with Crippen molar-refractivity contribution < 1.29 is 8.42 Å². The van der Waals surface area contributed by atoms with Crippen LogP contribution in [0.4, 0.5) is 0 Å². The van der Waals surface area contributed by atoms with Gasteiger partial charge in [-0.25, -0.2) is 18.1 Å². The Labute approximate surface area is 172 Å². The van der Waals surface area contributed by atoms with Crippen LogP contribution in [0.3, 0.4) is 0 Å². The molecular weight excluding hydrogens is 465 g/mol. The molecule has 0 radical (unpaired) electrons. The Morgan fingerprint density at radius 1 is 1.12 bits per heavy atom. The van der Waals surface area contributed by atoms with Gasteiger partial charge in [-0.1, -0.05) is 12.1 Å². The van der Waals surface area contributed by atoms with E-state index in [2.05, 4.69) is 24.9 Å². The van der Waals surface area contributed by atoms with Crippen molar-refractivity contribution in [1.82, 2.24) is 19.9 Å². The second-order valence-corrected chi connectivity index (χ2v) is 7.28. The van der Waals surface area contributed by atoms with Crippen molar-refractivity contribution in [3.63, 3.8) is 0 Å². The van der Waals surface area contributed by atoms with Crippen LogP contribution in [0.15, 0.2) is 58.7 Å². The molecule has 0 spiro atoms. The van der Waals surface area contributed by atoms with Crippen molar-refractivity contribution in [3.05, 3.63) is 54.4 Å². The Kier molecular flexibility index (Phi) is 9.66. The van der Waals surface area contributed by atoms with Crippen LogP contribution >= 0.6 is 24.0 Å². The molecule has 1 aromatic heterocycles. The molecule has 2 aromatic rings. The van der Waals surface area contributed by atoms with E-state index in [0.29, 0.717) is 6.54 Å². The molecule has 0 saturated carbocycles. The number of benzene rings is 1. The summed E-state index contributed by atoms with van der Waals surface area (Å²) in [5, 5.41) is 6.49. The van der Waals surface area contributed by atoms with Crippen molar-refractivity contribution in [2.24, 2.45) is 4.99 Å². The van der Waals surface area contributed by atoms with Crippen LogP contribution in [0.2, 0.25) is 0 Å². The predicted octanol–water partition coefficient (Wildman–Crippen LogP) is 1.77. The highest BCUT2D eigenvalue weighted by molar-refractivity contribution is 14.0. The van der Waals surface area contributed by atoms with Crippen LogP contribution < -0.4 is 15.4 Å². The zero-order valence-corrected chi connectivity index (χ0v) is 18.1. The van der Waals surface area contributed by atoms with Crippen LogP contribution in [0.5, 0.6) is 0 Å². The lowest BCUT2D eigenvalue weighted by Crippen LogP contribution is -2.38. The number of aromatic nitrogens is 1. The van der Waals surface area contributed by atoms with Crippen molar-refractivity contribution >= 4 is 40.0 Å². The molecule has 1 heterocycles. The molecule has 0 amide bonds. The number of guanidine groups is 1. The second kappa shape index (κ2) is 11.2. The fraction of sp³-hybridized carbons (Fsp3) is 0.353. The summed E-state index contributed by atoms with van der Waals surface area (Å²) in [6.07, 6.45) is 4.04. The van der Waals surface area contributed by atoms with E-state index < -0.39 is 10.0 Å². The van der Waals surface area contributed by atoms with Gasteiger partial charge in [-0.15, -0.1) is 24.0 Å². The normalized spacial score (nSPS) is 11.7. The molecule has 0 unspecified atom stereocenters. The Bertz CT molecular complexity index is 774. The summed E-state index contributed by atoms with van der Waals surface area (Å²) < 4.78 is 27.8. The fourth-order valence-electron chi connectivity index (χ4n) is 2.23. The lowest BCUT2D eigenvalue weighted by Gasteiger charge is -2.12. The lowest BCUT2D eigenvalue weighted by atomic mass is 10.2.